The number of rotatable bonds is 2. The van der Waals surface area contributed by atoms with Crippen molar-refractivity contribution < 1.29 is 29.3 Å². The molecule has 1 aromatic carbocycles. The van der Waals surface area contributed by atoms with Gasteiger partial charge in [-0.3, -0.25) is 4.79 Å². The van der Waals surface area contributed by atoms with Gasteiger partial charge < -0.3 is 19.7 Å². The molecule has 0 bridgehead atoms. The second-order valence-electron chi connectivity index (χ2n) is 2.86. The second kappa shape index (κ2) is 3.16. The highest BCUT2D eigenvalue weighted by atomic mass is 16.7. The largest absolute Gasteiger partial charge is 0.504 e. The molecule has 1 aliphatic heterocycles. The van der Waals surface area contributed by atoms with E-state index in [2.05, 4.69) is 0 Å². The first kappa shape index (κ1) is 9.32. The average molecular weight is 210 g/mol. The number of hydrogen-bond donors (Lipinski definition) is 2. The molecule has 0 aliphatic carbocycles. The van der Waals surface area contributed by atoms with Crippen LogP contribution in [0.1, 0.15) is 10.4 Å². The Bertz CT molecular complexity index is 450. The van der Waals surface area contributed by atoms with Crippen LogP contribution in [0.5, 0.6) is 17.2 Å². The Morgan fingerprint density at radius 1 is 1.27 bits per heavy atom. The summed E-state index contributed by atoms with van der Waals surface area (Å²) < 4.78 is 9.82. The smallest absolute Gasteiger partial charge is 0.377 e. The number of Topliss-reactive ketones (excluding diaryl/α,β-unsaturated/α-hetero) is 1. The minimum atomic E-state index is -1.59. The third-order valence-electron chi connectivity index (χ3n) is 1.91. The Morgan fingerprint density at radius 3 is 2.67 bits per heavy atom. The summed E-state index contributed by atoms with van der Waals surface area (Å²) in [4.78, 5) is 21.5. The lowest BCUT2D eigenvalue weighted by Crippen LogP contribution is -2.12. The van der Waals surface area contributed by atoms with E-state index >= 15 is 0 Å². The van der Waals surface area contributed by atoms with Crippen LogP contribution in [0.2, 0.25) is 0 Å². The lowest BCUT2D eigenvalue weighted by atomic mass is 10.1. The quantitative estimate of drug-likeness (QED) is 0.541. The Labute approximate surface area is 83.7 Å². The summed E-state index contributed by atoms with van der Waals surface area (Å²) in [6, 6.07) is 2.25. The number of carbonyl (C=O) groups excluding carboxylic acids is 1. The highest BCUT2D eigenvalue weighted by molar-refractivity contribution is 6.40. The van der Waals surface area contributed by atoms with Gasteiger partial charge in [-0.25, -0.2) is 4.79 Å². The van der Waals surface area contributed by atoms with E-state index in [1.165, 1.54) is 6.07 Å². The van der Waals surface area contributed by atoms with Gasteiger partial charge in [0.25, 0.3) is 5.78 Å². The van der Waals surface area contributed by atoms with Gasteiger partial charge in [-0.05, 0) is 12.1 Å². The summed E-state index contributed by atoms with van der Waals surface area (Å²) in [7, 11) is 0. The zero-order chi connectivity index (χ0) is 11.0. The van der Waals surface area contributed by atoms with Gasteiger partial charge in [-0.15, -0.1) is 0 Å². The number of carbonyl (C=O) groups is 2. The molecule has 1 heterocycles. The summed E-state index contributed by atoms with van der Waals surface area (Å²) in [5.41, 5.74) is -0.149. The third-order valence-corrected chi connectivity index (χ3v) is 1.91. The summed E-state index contributed by atoms with van der Waals surface area (Å²) >= 11 is 0. The zero-order valence-corrected chi connectivity index (χ0v) is 7.39. The Kier molecular flexibility index (Phi) is 1.96. The number of carboxylic acid groups (broad SMARTS) is 1. The van der Waals surface area contributed by atoms with Crippen molar-refractivity contribution in [3.63, 3.8) is 0 Å². The van der Waals surface area contributed by atoms with Crippen molar-refractivity contribution >= 4 is 11.8 Å². The maximum atomic E-state index is 11.1. The van der Waals surface area contributed by atoms with E-state index in [-0.39, 0.29) is 29.6 Å². The molecular formula is C9H6O6. The van der Waals surface area contributed by atoms with Gasteiger partial charge in [0.1, 0.15) is 0 Å². The average Bonchev–Trinajstić information content (AvgIpc) is 2.64. The molecule has 0 saturated carbocycles. The molecular weight excluding hydrogens is 204 g/mol. The molecule has 0 atom stereocenters. The fraction of sp³-hybridized carbons (Fsp3) is 0.111. The summed E-state index contributed by atoms with van der Waals surface area (Å²) in [5, 5.41) is 17.9. The molecule has 0 aromatic heterocycles. The zero-order valence-electron chi connectivity index (χ0n) is 7.39. The molecule has 6 heteroatoms. The minimum absolute atomic E-state index is 0.0619. The fourth-order valence-corrected chi connectivity index (χ4v) is 1.25. The van der Waals surface area contributed by atoms with Crippen LogP contribution in [0.3, 0.4) is 0 Å². The topological polar surface area (TPSA) is 93.1 Å². The van der Waals surface area contributed by atoms with E-state index in [0.717, 1.165) is 6.07 Å². The normalized spacial score (nSPS) is 12.5. The standard InChI is InChI=1S/C9H6O6/c10-5-1-4(7(11)9(12)13)2-6-8(5)15-3-14-6/h1-2,10H,3H2,(H,12,13). The first-order valence-electron chi connectivity index (χ1n) is 4.00. The molecule has 6 nitrogen and oxygen atoms in total. The lowest BCUT2D eigenvalue weighted by molar-refractivity contribution is -0.131. The van der Waals surface area contributed by atoms with Crippen molar-refractivity contribution in [1.29, 1.82) is 0 Å². The van der Waals surface area contributed by atoms with Crippen molar-refractivity contribution in [3.05, 3.63) is 17.7 Å². The summed E-state index contributed by atoms with van der Waals surface area (Å²) in [5.74, 6) is -2.72. The monoisotopic (exact) mass is 210 g/mol. The maximum absolute atomic E-state index is 11.1. The highest BCUT2D eigenvalue weighted by Gasteiger charge is 2.23. The third kappa shape index (κ3) is 1.45. The van der Waals surface area contributed by atoms with Crippen molar-refractivity contribution in [1.82, 2.24) is 0 Å². The molecule has 0 radical (unpaired) electrons. The molecule has 0 amide bonds. The number of aliphatic carboxylic acids is 1. The van der Waals surface area contributed by atoms with Crippen LogP contribution in [0.25, 0.3) is 0 Å². The SMILES string of the molecule is O=C(O)C(=O)c1cc(O)c2c(c1)OCO2. The van der Waals surface area contributed by atoms with Crippen LogP contribution in [0.4, 0.5) is 0 Å². The first-order valence-corrected chi connectivity index (χ1v) is 4.00. The van der Waals surface area contributed by atoms with E-state index in [9.17, 15) is 14.7 Å². The molecule has 1 aliphatic rings. The van der Waals surface area contributed by atoms with Crippen LogP contribution in [-0.4, -0.2) is 28.8 Å². The van der Waals surface area contributed by atoms with E-state index in [0.29, 0.717) is 0 Å². The van der Waals surface area contributed by atoms with Crippen molar-refractivity contribution in [2.24, 2.45) is 0 Å². The predicted octanol–water partition coefficient (Wildman–Crippen LogP) is 0.388. The molecule has 78 valence electrons. The molecule has 0 unspecified atom stereocenters. The van der Waals surface area contributed by atoms with Crippen molar-refractivity contribution in [3.8, 4) is 17.2 Å². The van der Waals surface area contributed by atoms with Gasteiger partial charge in [0.15, 0.2) is 11.5 Å². The number of phenolic OH excluding ortho intramolecular Hbond substituents is 1. The number of phenols is 1. The maximum Gasteiger partial charge on any atom is 0.377 e. The van der Waals surface area contributed by atoms with E-state index in [1.54, 1.807) is 0 Å². The van der Waals surface area contributed by atoms with Gasteiger partial charge in [-0.2, -0.15) is 0 Å². The number of fused-ring (bicyclic) bond motifs is 1. The van der Waals surface area contributed by atoms with Gasteiger partial charge in [0, 0.05) is 5.56 Å². The van der Waals surface area contributed by atoms with E-state index in [4.69, 9.17) is 14.6 Å². The molecule has 0 spiro atoms. The molecule has 1 aromatic rings. The van der Waals surface area contributed by atoms with Gasteiger partial charge in [0.05, 0.1) is 0 Å². The predicted molar refractivity (Wildman–Crippen MR) is 46.2 cm³/mol. The second-order valence-corrected chi connectivity index (χ2v) is 2.86. The summed E-state index contributed by atoms with van der Waals surface area (Å²) in [6.07, 6.45) is 0. The first-order chi connectivity index (χ1) is 7.09. The van der Waals surface area contributed by atoms with Crippen LogP contribution in [0.15, 0.2) is 12.1 Å². The Balaban J connectivity index is 2.48. The van der Waals surface area contributed by atoms with Crippen molar-refractivity contribution in [2.75, 3.05) is 6.79 Å². The minimum Gasteiger partial charge on any atom is -0.504 e. The van der Waals surface area contributed by atoms with Crippen LogP contribution in [-0.2, 0) is 4.79 Å². The molecule has 2 rings (SSSR count). The van der Waals surface area contributed by atoms with Crippen LogP contribution < -0.4 is 9.47 Å². The lowest BCUT2D eigenvalue weighted by Gasteiger charge is -2.01. The van der Waals surface area contributed by atoms with Gasteiger partial charge >= 0.3 is 5.97 Å². The summed E-state index contributed by atoms with van der Waals surface area (Å²) in [6.45, 7) is -0.0619. The van der Waals surface area contributed by atoms with E-state index in [1.807, 2.05) is 0 Å². The number of benzene rings is 1. The number of aromatic hydroxyl groups is 1. The number of ketones is 1. The Morgan fingerprint density at radius 2 is 2.00 bits per heavy atom. The van der Waals surface area contributed by atoms with Crippen molar-refractivity contribution in [2.45, 2.75) is 0 Å². The van der Waals surface area contributed by atoms with Crippen LogP contribution >= 0.6 is 0 Å². The number of hydrogen-bond acceptors (Lipinski definition) is 5. The van der Waals surface area contributed by atoms with Gasteiger partial charge in [-0.1, -0.05) is 0 Å². The molecule has 0 saturated heterocycles. The van der Waals surface area contributed by atoms with Gasteiger partial charge in [0.2, 0.25) is 12.5 Å². The molecule has 0 fully saturated rings. The fourth-order valence-electron chi connectivity index (χ4n) is 1.25. The highest BCUT2D eigenvalue weighted by Crippen LogP contribution is 2.41. The number of ether oxygens (including phenoxy) is 2. The van der Waals surface area contributed by atoms with Crippen LogP contribution in [0, 0.1) is 0 Å². The Hall–Kier alpha value is -2.24. The molecule has 15 heavy (non-hydrogen) atoms. The molecule has 2 N–H and O–H groups in total. The van der Waals surface area contributed by atoms with E-state index < -0.39 is 11.8 Å². The number of carboxylic acids is 1.